The first-order chi connectivity index (χ1) is 28.3. The summed E-state index contributed by atoms with van der Waals surface area (Å²) in [7, 11) is 0. The van der Waals surface area contributed by atoms with Crippen LogP contribution < -0.4 is 4.90 Å². The molecule has 2 heterocycles. The first-order valence-corrected chi connectivity index (χ1v) is 19.5. The summed E-state index contributed by atoms with van der Waals surface area (Å²) < 4.78 is 4.87. The molecule has 0 radical (unpaired) electrons. The zero-order chi connectivity index (χ0) is 37.7. The Morgan fingerprint density at radius 1 is 0.246 bits per heavy atom. The minimum absolute atomic E-state index is 1.10. The van der Waals surface area contributed by atoms with Crippen molar-refractivity contribution in [3.8, 4) is 33.6 Å². The summed E-state index contributed by atoms with van der Waals surface area (Å²) >= 11 is 0. The average Bonchev–Trinajstić information content (AvgIpc) is 3.79. The standard InChI is InChI=1S/C54H37N3/c1-6-16-38(17-7-1)40-26-32-51-49(34-40)50-35-41(39-18-8-2-9-19-39)27-33-52(50)57(51)46-29-31-48-47-30-28-45(36-53(47)56(54(48)37-46)44-24-14-5-15-25-44)55(42-20-10-3-11-21-42)43-22-12-4-13-23-43/h1-37H. The van der Waals surface area contributed by atoms with Gasteiger partial charge in [-0.1, -0.05) is 140 Å². The number of aromatic nitrogens is 2. The summed E-state index contributed by atoms with van der Waals surface area (Å²) in [5.41, 5.74) is 15.1. The zero-order valence-electron chi connectivity index (χ0n) is 31.2. The fourth-order valence-corrected chi connectivity index (χ4v) is 8.65. The predicted molar refractivity (Wildman–Crippen MR) is 241 cm³/mol. The van der Waals surface area contributed by atoms with Gasteiger partial charge in [-0.2, -0.15) is 0 Å². The molecule has 0 aliphatic carbocycles. The van der Waals surface area contributed by atoms with E-state index >= 15 is 0 Å². The molecular weight excluding hydrogens is 691 g/mol. The van der Waals surface area contributed by atoms with E-state index < -0.39 is 0 Å². The molecule has 268 valence electrons. The highest BCUT2D eigenvalue weighted by Gasteiger charge is 2.20. The fraction of sp³-hybridized carbons (Fsp3) is 0. The van der Waals surface area contributed by atoms with Gasteiger partial charge in [0.05, 0.1) is 22.1 Å². The van der Waals surface area contributed by atoms with E-state index in [9.17, 15) is 0 Å². The second-order valence-electron chi connectivity index (χ2n) is 14.6. The van der Waals surface area contributed by atoms with Crippen LogP contribution in [0.4, 0.5) is 17.1 Å². The SMILES string of the molecule is c1ccc(-c2ccc3c(c2)c2cc(-c4ccccc4)ccc2n3-c2ccc3c4ccc(N(c5ccccc5)c5ccccc5)cc4n(-c4ccccc4)c3c2)cc1. The van der Waals surface area contributed by atoms with Crippen molar-refractivity contribution >= 4 is 60.7 Å². The van der Waals surface area contributed by atoms with Gasteiger partial charge in [0.2, 0.25) is 0 Å². The highest BCUT2D eigenvalue weighted by molar-refractivity contribution is 6.14. The Labute approximate surface area is 331 Å². The molecule has 3 heteroatoms. The maximum absolute atomic E-state index is 2.44. The van der Waals surface area contributed by atoms with Crippen LogP contribution in [0.2, 0.25) is 0 Å². The quantitative estimate of drug-likeness (QED) is 0.159. The number of rotatable bonds is 7. The number of anilines is 3. The van der Waals surface area contributed by atoms with E-state index in [1.165, 1.54) is 54.8 Å². The van der Waals surface area contributed by atoms with Gasteiger partial charge >= 0.3 is 0 Å². The monoisotopic (exact) mass is 727 g/mol. The van der Waals surface area contributed by atoms with Crippen LogP contribution in [0, 0.1) is 0 Å². The molecule has 0 saturated heterocycles. The van der Waals surface area contributed by atoms with Crippen molar-refractivity contribution in [1.82, 2.24) is 9.13 Å². The topological polar surface area (TPSA) is 13.1 Å². The van der Waals surface area contributed by atoms with Crippen LogP contribution in [0.15, 0.2) is 224 Å². The molecule has 11 aromatic rings. The zero-order valence-corrected chi connectivity index (χ0v) is 31.2. The third-order valence-corrected chi connectivity index (χ3v) is 11.3. The van der Waals surface area contributed by atoms with Crippen LogP contribution in [-0.4, -0.2) is 9.13 Å². The van der Waals surface area contributed by atoms with Crippen molar-refractivity contribution in [3.05, 3.63) is 224 Å². The Hall–Kier alpha value is -7.62. The summed E-state index contributed by atoms with van der Waals surface area (Å²) in [5.74, 6) is 0. The normalized spacial score (nSPS) is 11.5. The van der Waals surface area contributed by atoms with E-state index in [1.54, 1.807) is 0 Å². The molecule has 3 nitrogen and oxygen atoms in total. The molecule has 0 aliphatic heterocycles. The molecule has 0 spiro atoms. The van der Waals surface area contributed by atoms with Crippen LogP contribution >= 0.6 is 0 Å². The average molecular weight is 728 g/mol. The number of hydrogen-bond donors (Lipinski definition) is 0. The van der Waals surface area contributed by atoms with Gasteiger partial charge in [-0.05, 0) is 107 Å². The third-order valence-electron chi connectivity index (χ3n) is 11.3. The summed E-state index contributed by atoms with van der Waals surface area (Å²) in [5, 5.41) is 4.90. The summed E-state index contributed by atoms with van der Waals surface area (Å²) in [6.45, 7) is 0. The summed E-state index contributed by atoms with van der Waals surface area (Å²) in [6, 6.07) is 81.1. The molecule has 0 atom stereocenters. The molecule has 0 unspecified atom stereocenters. The molecule has 9 aromatic carbocycles. The van der Waals surface area contributed by atoms with Gasteiger partial charge in [0.25, 0.3) is 0 Å². The Balaban J connectivity index is 1.16. The van der Waals surface area contributed by atoms with Crippen LogP contribution in [0.25, 0.3) is 77.2 Å². The van der Waals surface area contributed by atoms with Crippen molar-refractivity contribution < 1.29 is 0 Å². The summed E-state index contributed by atoms with van der Waals surface area (Å²) in [4.78, 5) is 2.34. The lowest BCUT2D eigenvalue weighted by molar-refractivity contribution is 1.15. The van der Waals surface area contributed by atoms with E-state index in [4.69, 9.17) is 0 Å². The van der Waals surface area contributed by atoms with Crippen LogP contribution in [-0.2, 0) is 0 Å². The lowest BCUT2D eigenvalue weighted by Crippen LogP contribution is -2.09. The highest BCUT2D eigenvalue weighted by Crippen LogP contribution is 2.42. The van der Waals surface area contributed by atoms with Gasteiger partial charge in [0.1, 0.15) is 0 Å². The molecule has 0 aliphatic rings. The predicted octanol–water partition coefficient (Wildman–Crippen LogP) is 14.7. The van der Waals surface area contributed by atoms with Crippen LogP contribution in [0.5, 0.6) is 0 Å². The van der Waals surface area contributed by atoms with Gasteiger partial charge < -0.3 is 14.0 Å². The lowest BCUT2D eigenvalue weighted by atomic mass is 10.0. The number of hydrogen-bond acceptors (Lipinski definition) is 1. The number of para-hydroxylation sites is 3. The fourth-order valence-electron chi connectivity index (χ4n) is 8.65. The second kappa shape index (κ2) is 13.6. The maximum Gasteiger partial charge on any atom is 0.0561 e. The molecular formula is C54H37N3. The van der Waals surface area contributed by atoms with E-state index in [0.717, 1.165) is 39.5 Å². The Bertz CT molecular complexity index is 3070. The van der Waals surface area contributed by atoms with Gasteiger partial charge in [0.15, 0.2) is 0 Å². The molecule has 2 aromatic heterocycles. The first kappa shape index (κ1) is 32.8. The minimum atomic E-state index is 1.10. The van der Waals surface area contributed by atoms with Gasteiger partial charge in [-0.25, -0.2) is 0 Å². The van der Waals surface area contributed by atoms with E-state index in [0.29, 0.717) is 0 Å². The molecule has 0 fully saturated rings. The highest BCUT2D eigenvalue weighted by atomic mass is 15.1. The number of benzene rings is 9. The van der Waals surface area contributed by atoms with Gasteiger partial charge in [0, 0.05) is 50.0 Å². The van der Waals surface area contributed by atoms with Crippen molar-refractivity contribution in [1.29, 1.82) is 0 Å². The molecule has 0 amide bonds. The van der Waals surface area contributed by atoms with Crippen molar-refractivity contribution in [2.24, 2.45) is 0 Å². The molecule has 0 saturated carbocycles. The van der Waals surface area contributed by atoms with Gasteiger partial charge in [-0.3, -0.25) is 0 Å². The largest absolute Gasteiger partial charge is 0.310 e. The minimum Gasteiger partial charge on any atom is -0.310 e. The third kappa shape index (κ3) is 5.60. The second-order valence-corrected chi connectivity index (χ2v) is 14.6. The van der Waals surface area contributed by atoms with Crippen molar-refractivity contribution in [2.45, 2.75) is 0 Å². The Kier molecular flexibility index (Phi) is 7.82. The first-order valence-electron chi connectivity index (χ1n) is 19.5. The van der Waals surface area contributed by atoms with E-state index in [2.05, 4.69) is 238 Å². The number of nitrogens with zero attached hydrogens (tertiary/aromatic N) is 3. The molecule has 0 bridgehead atoms. The van der Waals surface area contributed by atoms with Crippen molar-refractivity contribution in [2.75, 3.05) is 4.90 Å². The van der Waals surface area contributed by atoms with E-state index in [1.807, 2.05) is 0 Å². The number of fused-ring (bicyclic) bond motifs is 6. The van der Waals surface area contributed by atoms with Gasteiger partial charge in [-0.15, -0.1) is 0 Å². The lowest BCUT2D eigenvalue weighted by Gasteiger charge is -2.25. The Morgan fingerprint density at radius 2 is 0.684 bits per heavy atom. The van der Waals surface area contributed by atoms with E-state index in [-0.39, 0.29) is 0 Å². The smallest absolute Gasteiger partial charge is 0.0561 e. The van der Waals surface area contributed by atoms with Crippen LogP contribution in [0.3, 0.4) is 0 Å². The molecule has 57 heavy (non-hydrogen) atoms. The molecule has 11 rings (SSSR count). The Morgan fingerprint density at radius 3 is 1.21 bits per heavy atom. The van der Waals surface area contributed by atoms with Crippen LogP contribution in [0.1, 0.15) is 0 Å². The molecule has 0 N–H and O–H groups in total. The maximum atomic E-state index is 2.44. The summed E-state index contributed by atoms with van der Waals surface area (Å²) in [6.07, 6.45) is 0. The van der Waals surface area contributed by atoms with Crippen molar-refractivity contribution in [3.63, 3.8) is 0 Å².